The first-order valence-corrected chi connectivity index (χ1v) is 4.53. The van der Waals surface area contributed by atoms with Crippen molar-refractivity contribution in [1.82, 2.24) is 5.32 Å². The first-order chi connectivity index (χ1) is 6.77. The first kappa shape index (κ1) is 9.02. The summed E-state index contributed by atoms with van der Waals surface area (Å²) < 4.78 is 0. The van der Waals surface area contributed by atoms with Crippen LogP contribution in [0.15, 0.2) is 30.3 Å². The Labute approximate surface area is 82.2 Å². The number of hydrogen-bond donors (Lipinski definition) is 2. The number of carboxylic acids is 1. The highest BCUT2D eigenvalue weighted by Gasteiger charge is 2.26. The van der Waals surface area contributed by atoms with E-state index >= 15 is 0 Å². The summed E-state index contributed by atoms with van der Waals surface area (Å²) in [6, 6.07) is 9.35. The average Bonchev–Trinajstić information content (AvgIpc) is 2.68. The van der Waals surface area contributed by atoms with Gasteiger partial charge in [0, 0.05) is 12.2 Å². The van der Waals surface area contributed by atoms with Gasteiger partial charge in [0.1, 0.15) is 6.04 Å². The van der Waals surface area contributed by atoms with Gasteiger partial charge in [-0.05, 0) is 12.1 Å². The van der Waals surface area contributed by atoms with Crippen LogP contribution in [0.25, 0.3) is 0 Å². The maximum absolute atomic E-state index is 10.7. The number of rotatable bonds is 2. The maximum Gasteiger partial charge on any atom is 0.322 e. The van der Waals surface area contributed by atoms with E-state index in [0.717, 1.165) is 5.69 Å². The molecule has 0 spiro atoms. The Balaban J connectivity index is 2.06. The minimum absolute atomic E-state index is 0.449. The molecule has 1 aromatic rings. The molecule has 0 amide bonds. The fourth-order valence-electron chi connectivity index (χ4n) is 1.57. The minimum atomic E-state index is -0.788. The molecule has 0 radical (unpaired) electrons. The molecule has 0 saturated carbocycles. The standard InChI is InChI=1S/C10H12N2O2/c13-10(14)9-6-12(7-11-9)8-4-2-1-3-5-8/h1-5,9,11H,6-7H2,(H,13,14)/t9-/m0/s1. The average molecular weight is 192 g/mol. The van der Waals surface area contributed by atoms with E-state index in [4.69, 9.17) is 5.11 Å². The van der Waals surface area contributed by atoms with Gasteiger partial charge in [0.25, 0.3) is 0 Å². The van der Waals surface area contributed by atoms with E-state index in [1.807, 2.05) is 35.2 Å². The Hall–Kier alpha value is -1.55. The van der Waals surface area contributed by atoms with Gasteiger partial charge in [-0.3, -0.25) is 10.1 Å². The second-order valence-electron chi connectivity index (χ2n) is 3.31. The van der Waals surface area contributed by atoms with Gasteiger partial charge in [-0.15, -0.1) is 0 Å². The van der Waals surface area contributed by atoms with Gasteiger partial charge in [-0.25, -0.2) is 0 Å². The second kappa shape index (κ2) is 3.67. The Bertz CT molecular complexity index is 326. The van der Waals surface area contributed by atoms with E-state index in [1.54, 1.807) is 0 Å². The summed E-state index contributed by atoms with van der Waals surface area (Å²) in [6.45, 7) is 1.13. The fraction of sp³-hybridized carbons (Fsp3) is 0.300. The number of carboxylic acid groups (broad SMARTS) is 1. The van der Waals surface area contributed by atoms with Crippen molar-refractivity contribution in [1.29, 1.82) is 0 Å². The third-order valence-electron chi connectivity index (χ3n) is 2.35. The molecular weight excluding hydrogens is 180 g/mol. The topological polar surface area (TPSA) is 52.6 Å². The van der Waals surface area contributed by atoms with Crippen molar-refractivity contribution in [2.24, 2.45) is 0 Å². The van der Waals surface area contributed by atoms with Crippen molar-refractivity contribution in [3.05, 3.63) is 30.3 Å². The number of benzene rings is 1. The molecule has 1 fully saturated rings. The minimum Gasteiger partial charge on any atom is -0.480 e. The number of carbonyl (C=O) groups is 1. The highest BCUT2D eigenvalue weighted by atomic mass is 16.4. The molecule has 0 aliphatic carbocycles. The predicted octanol–water partition coefficient (Wildman–Crippen LogP) is 0.507. The van der Waals surface area contributed by atoms with Crippen molar-refractivity contribution >= 4 is 11.7 Å². The zero-order valence-corrected chi connectivity index (χ0v) is 7.68. The van der Waals surface area contributed by atoms with E-state index in [1.165, 1.54) is 0 Å². The van der Waals surface area contributed by atoms with E-state index in [2.05, 4.69) is 5.32 Å². The molecular formula is C10H12N2O2. The Morgan fingerprint density at radius 3 is 2.71 bits per heavy atom. The second-order valence-corrected chi connectivity index (χ2v) is 3.31. The lowest BCUT2D eigenvalue weighted by Crippen LogP contribution is -2.32. The number of hydrogen-bond acceptors (Lipinski definition) is 3. The summed E-state index contributed by atoms with van der Waals surface area (Å²) in [6.07, 6.45) is 0. The Morgan fingerprint density at radius 1 is 1.43 bits per heavy atom. The molecule has 1 aromatic carbocycles. The third kappa shape index (κ3) is 1.70. The van der Waals surface area contributed by atoms with Crippen LogP contribution in [-0.2, 0) is 4.79 Å². The number of aliphatic carboxylic acids is 1. The van der Waals surface area contributed by atoms with Gasteiger partial charge in [0.15, 0.2) is 0 Å². The van der Waals surface area contributed by atoms with E-state index in [0.29, 0.717) is 13.2 Å². The zero-order chi connectivity index (χ0) is 9.97. The molecule has 14 heavy (non-hydrogen) atoms. The highest BCUT2D eigenvalue weighted by molar-refractivity contribution is 5.75. The van der Waals surface area contributed by atoms with E-state index in [-0.39, 0.29) is 0 Å². The molecule has 4 nitrogen and oxygen atoms in total. The van der Waals surface area contributed by atoms with Gasteiger partial charge < -0.3 is 10.0 Å². The normalized spacial score (nSPS) is 21.1. The molecule has 2 rings (SSSR count). The molecule has 2 N–H and O–H groups in total. The van der Waals surface area contributed by atoms with Gasteiger partial charge >= 0.3 is 5.97 Å². The fourth-order valence-corrected chi connectivity index (χ4v) is 1.57. The lowest BCUT2D eigenvalue weighted by atomic mass is 10.2. The van der Waals surface area contributed by atoms with Gasteiger partial charge in [-0.1, -0.05) is 18.2 Å². The van der Waals surface area contributed by atoms with Crippen LogP contribution in [0.1, 0.15) is 0 Å². The molecule has 1 atom stereocenters. The summed E-state index contributed by atoms with van der Waals surface area (Å²) in [7, 11) is 0. The summed E-state index contributed by atoms with van der Waals surface area (Å²) in [5, 5.41) is 11.7. The summed E-state index contributed by atoms with van der Waals surface area (Å²) in [5.74, 6) is -0.788. The first-order valence-electron chi connectivity index (χ1n) is 4.53. The van der Waals surface area contributed by atoms with Crippen LogP contribution in [-0.4, -0.2) is 30.3 Å². The quantitative estimate of drug-likeness (QED) is 0.716. The zero-order valence-electron chi connectivity index (χ0n) is 7.68. The number of nitrogens with one attached hydrogen (secondary N) is 1. The van der Waals surface area contributed by atoms with E-state index in [9.17, 15) is 4.79 Å². The summed E-state index contributed by atoms with van der Waals surface area (Å²) in [4.78, 5) is 12.7. The van der Waals surface area contributed by atoms with Crippen LogP contribution in [0.2, 0.25) is 0 Å². The summed E-state index contributed by atoms with van der Waals surface area (Å²) >= 11 is 0. The van der Waals surface area contributed by atoms with Crippen LogP contribution in [0.3, 0.4) is 0 Å². The van der Waals surface area contributed by atoms with Crippen molar-refractivity contribution in [3.8, 4) is 0 Å². The predicted molar refractivity (Wildman–Crippen MR) is 53.2 cm³/mol. The SMILES string of the molecule is O=C(O)[C@@H]1CN(c2ccccc2)CN1. The van der Waals surface area contributed by atoms with Gasteiger partial charge in [0.05, 0.1) is 6.67 Å². The lowest BCUT2D eigenvalue weighted by molar-refractivity contribution is -0.138. The molecule has 1 saturated heterocycles. The third-order valence-corrected chi connectivity index (χ3v) is 2.35. The van der Waals surface area contributed by atoms with Crippen molar-refractivity contribution in [2.75, 3.05) is 18.1 Å². The van der Waals surface area contributed by atoms with Crippen LogP contribution >= 0.6 is 0 Å². The maximum atomic E-state index is 10.7. The van der Waals surface area contributed by atoms with E-state index < -0.39 is 12.0 Å². The number of nitrogens with zero attached hydrogens (tertiary/aromatic N) is 1. The Morgan fingerprint density at radius 2 is 2.14 bits per heavy atom. The molecule has 74 valence electrons. The van der Waals surface area contributed by atoms with Crippen LogP contribution in [0, 0.1) is 0 Å². The molecule has 1 aliphatic rings. The number of para-hydroxylation sites is 1. The monoisotopic (exact) mass is 192 g/mol. The number of anilines is 1. The molecule has 1 aliphatic heterocycles. The molecule has 4 heteroatoms. The van der Waals surface area contributed by atoms with Crippen molar-refractivity contribution in [3.63, 3.8) is 0 Å². The highest BCUT2D eigenvalue weighted by Crippen LogP contribution is 2.15. The molecule has 0 bridgehead atoms. The smallest absolute Gasteiger partial charge is 0.322 e. The van der Waals surface area contributed by atoms with Crippen LogP contribution < -0.4 is 10.2 Å². The van der Waals surface area contributed by atoms with Crippen LogP contribution in [0.5, 0.6) is 0 Å². The van der Waals surface area contributed by atoms with Crippen molar-refractivity contribution in [2.45, 2.75) is 6.04 Å². The summed E-state index contributed by atoms with van der Waals surface area (Å²) in [5.41, 5.74) is 1.06. The largest absolute Gasteiger partial charge is 0.480 e. The molecule has 0 aromatic heterocycles. The van der Waals surface area contributed by atoms with Crippen molar-refractivity contribution < 1.29 is 9.90 Å². The molecule has 1 heterocycles. The molecule has 0 unspecified atom stereocenters. The lowest BCUT2D eigenvalue weighted by Gasteiger charge is -2.16. The van der Waals surface area contributed by atoms with Gasteiger partial charge in [0.2, 0.25) is 0 Å². The Kier molecular flexibility index (Phi) is 2.37. The van der Waals surface area contributed by atoms with Crippen LogP contribution in [0.4, 0.5) is 5.69 Å². The van der Waals surface area contributed by atoms with Gasteiger partial charge in [-0.2, -0.15) is 0 Å².